The van der Waals surface area contributed by atoms with Crippen molar-refractivity contribution >= 4 is 5.69 Å². The Balaban J connectivity index is 2.31. The van der Waals surface area contributed by atoms with E-state index in [0.29, 0.717) is 0 Å². The van der Waals surface area contributed by atoms with E-state index < -0.39 is 5.60 Å². The number of hydrogen-bond acceptors (Lipinski definition) is 3. The maximum absolute atomic E-state index is 6.16. The van der Waals surface area contributed by atoms with Crippen LogP contribution in [-0.4, -0.2) is 18.3 Å². The summed E-state index contributed by atoms with van der Waals surface area (Å²) in [5.74, 6) is 0. The smallest absolute Gasteiger partial charge is 0.117 e. The summed E-state index contributed by atoms with van der Waals surface area (Å²) >= 11 is 0. The first-order valence-electron chi connectivity index (χ1n) is 6.13. The molecule has 1 aliphatic rings. The number of ether oxygens (including phenoxy) is 2. The van der Waals surface area contributed by atoms with E-state index in [1.807, 2.05) is 38.1 Å². The fraction of sp³-hybridized carbons (Fsp3) is 0.571. The lowest BCUT2D eigenvalue weighted by Gasteiger charge is -2.45. The van der Waals surface area contributed by atoms with Gasteiger partial charge < -0.3 is 15.2 Å². The molecule has 3 nitrogen and oxygen atoms in total. The Morgan fingerprint density at radius 1 is 1.06 bits per heavy atom. The molecule has 1 fully saturated rings. The molecule has 1 heterocycles. The van der Waals surface area contributed by atoms with Crippen molar-refractivity contribution in [2.24, 2.45) is 0 Å². The van der Waals surface area contributed by atoms with Crippen LogP contribution in [0.3, 0.4) is 0 Å². The molecule has 1 aromatic carbocycles. The summed E-state index contributed by atoms with van der Waals surface area (Å²) in [5, 5.41) is 0. The third kappa shape index (κ3) is 2.17. The highest BCUT2D eigenvalue weighted by atomic mass is 16.6. The summed E-state index contributed by atoms with van der Waals surface area (Å²) in [7, 11) is 0. The van der Waals surface area contributed by atoms with Crippen molar-refractivity contribution in [2.45, 2.75) is 51.6 Å². The first-order chi connectivity index (χ1) is 7.93. The second-order valence-electron chi connectivity index (χ2n) is 5.04. The molecule has 1 saturated heterocycles. The van der Waals surface area contributed by atoms with Crippen LogP contribution in [0.2, 0.25) is 0 Å². The predicted octanol–water partition coefficient (Wildman–Crippen LogP) is 2.70. The molecule has 1 aliphatic heterocycles. The van der Waals surface area contributed by atoms with Gasteiger partial charge in [0.05, 0.1) is 18.3 Å². The van der Waals surface area contributed by atoms with Gasteiger partial charge in [0.15, 0.2) is 0 Å². The zero-order chi connectivity index (χ0) is 12.6. The van der Waals surface area contributed by atoms with E-state index in [0.717, 1.165) is 11.3 Å². The number of anilines is 1. The second-order valence-corrected chi connectivity index (χ2v) is 5.04. The van der Waals surface area contributed by atoms with Crippen molar-refractivity contribution < 1.29 is 9.47 Å². The Morgan fingerprint density at radius 3 is 2.24 bits per heavy atom. The van der Waals surface area contributed by atoms with E-state index in [1.165, 1.54) is 0 Å². The quantitative estimate of drug-likeness (QED) is 0.761. The average molecular weight is 235 g/mol. The summed E-state index contributed by atoms with van der Waals surface area (Å²) in [4.78, 5) is 0. The Hall–Kier alpha value is -1.06. The lowest BCUT2D eigenvalue weighted by Crippen LogP contribution is -2.51. The minimum atomic E-state index is -0.403. The SMILES string of the molecule is CC1OC(C)C(C)(c2ccc(N)cc2)OC1C. The molecule has 2 rings (SSSR count). The molecule has 0 saturated carbocycles. The number of nitrogens with two attached hydrogens (primary N) is 1. The van der Waals surface area contributed by atoms with Crippen molar-refractivity contribution in [1.29, 1.82) is 0 Å². The van der Waals surface area contributed by atoms with Gasteiger partial charge in [0, 0.05) is 5.69 Å². The van der Waals surface area contributed by atoms with Crippen LogP contribution in [-0.2, 0) is 15.1 Å². The van der Waals surface area contributed by atoms with Crippen molar-refractivity contribution in [2.75, 3.05) is 5.73 Å². The molecule has 2 N–H and O–H groups in total. The van der Waals surface area contributed by atoms with Gasteiger partial charge in [-0.3, -0.25) is 0 Å². The summed E-state index contributed by atoms with van der Waals surface area (Å²) < 4.78 is 12.1. The molecule has 0 aliphatic carbocycles. The van der Waals surface area contributed by atoms with Crippen LogP contribution in [0.15, 0.2) is 24.3 Å². The van der Waals surface area contributed by atoms with Gasteiger partial charge >= 0.3 is 0 Å². The van der Waals surface area contributed by atoms with E-state index in [4.69, 9.17) is 15.2 Å². The Morgan fingerprint density at radius 2 is 1.65 bits per heavy atom. The van der Waals surface area contributed by atoms with Gasteiger partial charge in [0.2, 0.25) is 0 Å². The van der Waals surface area contributed by atoms with Crippen LogP contribution in [0.5, 0.6) is 0 Å². The number of hydrogen-bond donors (Lipinski definition) is 1. The standard InChI is InChI=1S/C14H21NO2/c1-9-10(2)17-14(4,11(3)16-9)12-5-7-13(15)8-6-12/h5-11H,15H2,1-4H3. The third-order valence-electron chi connectivity index (χ3n) is 3.77. The van der Waals surface area contributed by atoms with Gasteiger partial charge in [0.1, 0.15) is 5.60 Å². The van der Waals surface area contributed by atoms with Crippen LogP contribution in [0.4, 0.5) is 5.69 Å². The number of rotatable bonds is 1. The molecule has 4 atom stereocenters. The molecule has 17 heavy (non-hydrogen) atoms. The maximum atomic E-state index is 6.16. The minimum Gasteiger partial charge on any atom is -0.399 e. The number of benzene rings is 1. The maximum Gasteiger partial charge on any atom is 0.117 e. The van der Waals surface area contributed by atoms with Gasteiger partial charge in [-0.05, 0) is 45.4 Å². The highest BCUT2D eigenvalue weighted by Gasteiger charge is 2.42. The van der Waals surface area contributed by atoms with E-state index in [1.54, 1.807) is 0 Å². The molecular formula is C14H21NO2. The minimum absolute atomic E-state index is 0.0253. The zero-order valence-electron chi connectivity index (χ0n) is 10.9. The fourth-order valence-corrected chi connectivity index (χ4v) is 2.26. The molecule has 0 radical (unpaired) electrons. The van der Waals surface area contributed by atoms with Gasteiger partial charge in [-0.15, -0.1) is 0 Å². The lowest BCUT2D eigenvalue weighted by molar-refractivity contribution is -0.255. The molecule has 94 valence electrons. The number of nitrogen functional groups attached to an aromatic ring is 1. The van der Waals surface area contributed by atoms with Gasteiger partial charge in [-0.1, -0.05) is 12.1 Å². The largest absolute Gasteiger partial charge is 0.399 e. The monoisotopic (exact) mass is 235 g/mol. The van der Waals surface area contributed by atoms with Gasteiger partial charge in [-0.25, -0.2) is 0 Å². The Labute approximate surface area is 103 Å². The molecule has 1 aromatic rings. The van der Waals surface area contributed by atoms with E-state index in [2.05, 4.69) is 13.8 Å². The Bertz CT molecular complexity index is 390. The lowest BCUT2D eigenvalue weighted by atomic mass is 9.88. The van der Waals surface area contributed by atoms with Crippen LogP contribution < -0.4 is 5.73 Å². The van der Waals surface area contributed by atoms with Gasteiger partial charge in [0.25, 0.3) is 0 Å². The highest BCUT2D eigenvalue weighted by Crippen LogP contribution is 2.37. The molecule has 0 aromatic heterocycles. The average Bonchev–Trinajstić information content (AvgIpc) is 2.27. The van der Waals surface area contributed by atoms with Crippen LogP contribution in [0.1, 0.15) is 33.3 Å². The van der Waals surface area contributed by atoms with Crippen molar-refractivity contribution in [3.63, 3.8) is 0 Å². The third-order valence-corrected chi connectivity index (χ3v) is 3.77. The molecule has 4 unspecified atom stereocenters. The summed E-state index contributed by atoms with van der Waals surface area (Å²) in [5.41, 5.74) is 7.18. The van der Waals surface area contributed by atoms with Crippen molar-refractivity contribution in [3.8, 4) is 0 Å². The molecule has 0 amide bonds. The molecule has 0 spiro atoms. The summed E-state index contributed by atoms with van der Waals surface area (Å²) in [6, 6.07) is 7.83. The summed E-state index contributed by atoms with van der Waals surface area (Å²) in [6.07, 6.45) is 0.248. The Kier molecular flexibility index (Phi) is 3.15. The zero-order valence-corrected chi connectivity index (χ0v) is 10.9. The van der Waals surface area contributed by atoms with E-state index in [-0.39, 0.29) is 18.3 Å². The van der Waals surface area contributed by atoms with Crippen LogP contribution in [0, 0.1) is 0 Å². The van der Waals surface area contributed by atoms with Crippen LogP contribution >= 0.6 is 0 Å². The van der Waals surface area contributed by atoms with Gasteiger partial charge in [-0.2, -0.15) is 0 Å². The topological polar surface area (TPSA) is 44.5 Å². The van der Waals surface area contributed by atoms with E-state index >= 15 is 0 Å². The second kappa shape index (κ2) is 4.31. The first kappa shape index (κ1) is 12.4. The van der Waals surface area contributed by atoms with Crippen molar-refractivity contribution in [1.82, 2.24) is 0 Å². The van der Waals surface area contributed by atoms with Crippen molar-refractivity contribution in [3.05, 3.63) is 29.8 Å². The summed E-state index contributed by atoms with van der Waals surface area (Å²) in [6.45, 7) is 8.22. The van der Waals surface area contributed by atoms with Crippen LogP contribution in [0.25, 0.3) is 0 Å². The predicted molar refractivity (Wildman–Crippen MR) is 68.8 cm³/mol. The molecular weight excluding hydrogens is 214 g/mol. The molecule has 3 heteroatoms. The highest BCUT2D eigenvalue weighted by molar-refractivity contribution is 5.41. The van der Waals surface area contributed by atoms with E-state index in [9.17, 15) is 0 Å². The molecule has 0 bridgehead atoms. The first-order valence-corrected chi connectivity index (χ1v) is 6.13. The fourth-order valence-electron chi connectivity index (χ4n) is 2.26. The normalized spacial score (nSPS) is 38.0.